The van der Waals surface area contributed by atoms with Crippen molar-refractivity contribution in [1.82, 2.24) is 0 Å². The molecule has 126 valence electrons. The van der Waals surface area contributed by atoms with Gasteiger partial charge in [-0.3, -0.25) is 0 Å². The highest BCUT2D eigenvalue weighted by molar-refractivity contribution is 5.55. The Morgan fingerprint density at radius 1 is 1.22 bits per heavy atom. The number of benzene rings is 1. The summed E-state index contributed by atoms with van der Waals surface area (Å²) in [6, 6.07) is 4.22. The van der Waals surface area contributed by atoms with Crippen molar-refractivity contribution in [3.8, 4) is 11.5 Å². The van der Waals surface area contributed by atoms with Crippen LogP contribution >= 0.6 is 0 Å². The molecular formula is C21H30O2. The van der Waals surface area contributed by atoms with Crippen LogP contribution in [0.3, 0.4) is 0 Å². The molecule has 2 aliphatic carbocycles. The van der Waals surface area contributed by atoms with Crippen LogP contribution in [0.25, 0.3) is 0 Å². The Labute approximate surface area is 140 Å². The largest absolute Gasteiger partial charge is 0.508 e. The Morgan fingerprint density at radius 3 is 2.74 bits per heavy atom. The van der Waals surface area contributed by atoms with E-state index in [1.165, 1.54) is 31.2 Å². The van der Waals surface area contributed by atoms with Gasteiger partial charge in [0.1, 0.15) is 17.1 Å². The van der Waals surface area contributed by atoms with Crippen LogP contribution in [0.1, 0.15) is 76.8 Å². The third-order valence-corrected chi connectivity index (χ3v) is 7.11. The molecule has 2 fully saturated rings. The van der Waals surface area contributed by atoms with Crippen LogP contribution in [0.5, 0.6) is 11.5 Å². The molecule has 1 aromatic rings. The zero-order valence-corrected chi connectivity index (χ0v) is 15.0. The van der Waals surface area contributed by atoms with Crippen molar-refractivity contribution in [2.75, 3.05) is 0 Å². The molecule has 4 rings (SSSR count). The first-order chi connectivity index (χ1) is 10.9. The highest BCUT2D eigenvalue weighted by Gasteiger charge is 2.69. The molecule has 0 spiro atoms. The minimum atomic E-state index is -0.0215. The summed E-state index contributed by atoms with van der Waals surface area (Å²) in [5.41, 5.74) is 2.58. The number of aromatic hydroxyl groups is 1. The van der Waals surface area contributed by atoms with Gasteiger partial charge in [0.15, 0.2) is 0 Å². The molecule has 2 nitrogen and oxygen atoms in total. The number of phenols is 1. The van der Waals surface area contributed by atoms with Crippen molar-refractivity contribution >= 4 is 0 Å². The number of ether oxygens (including phenoxy) is 1. The number of fused-ring (bicyclic) bond motifs is 2. The predicted octanol–water partition coefficient (Wildman–Crippen LogP) is 5.43. The van der Waals surface area contributed by atoms with Crippen LogP contribution in [0, 0.1) is 17.3 Å². The lowest BCUT2D eigenvalue weighted by Gasteiger charge is -2.62. The number of phenolic OH excluding ortho intramolecular Hbond substituents is 1. The van der Waals surface area contributed by atoms with Crippen molar-refractivity contribution in [3.05, 3.63) is 23.3 Å². The van der Waals surface area contributed by atoms with Gasteiger partial charge in [-0.2, -0.15) is 0 Å². The summed E-state index contributed by atoms with van der Waals surface area (Å²) in [6.45, 7) is 9.29. The van der Waals surface area contributed by atoms with E-state index in [4.69, 9.17) is 4.74 Å². The van der Waals surface area contributed by atoms with E-state index >= 15 is 0 Å². The molecule has 2 saturated carbocycles. The monoisotopic (exact) mass is 314 g/mol. The van der Waals surface area contributed by atoms with E-state index in [-0.39, 0.29) is 11.0 Å². The molecule has 1 aromatic carbocycles. The van der Waals surface area contributed by atoms with Gasteiger partial charge in [0.2, 0.25) is 0 Å². The number of rotatable bonds is 4. The Hall–Kier alpha value is -1.18. The van der Waals surface area contributed by atoms with Crippen LogP contribution in [-0.2, 0) is 6.42 Å². The summed E-state index contributed by atoms with van der Waals surface area (Å²) in [4.78, 5) is 0. The fourth-order valence-corrected chi connectivity index (χ4v) is 5.92. The zero-order chi connectivity index (χ0) is 16.4. The van der Waals surface area contributed by atoms with Crippen molar-refractivity contribution in [3.63, 3.8) is 0 Å². The third-order valence-electron chi connectivity index (χ3n) is 7.11. The summed E-state index contributed by atoms with van der Waals surface area (Å²) in [6.07, 6.45) is 7.12. The molecule has 1 heterocycles. The average Bonchev–Trinajstić information content (AvgIpc) is 2.81. The average molecular weight is 314 g/mol. The Balaban J connectivity index is 1.73. The molecule has 1 aliphatic heterocycles. The van der Waals surface area contributed by atoms with Crippen molar-refractivity contribution in [2.24, 2.45) is 17.3 Å². The van der Waals surface area contributed by atoms with Gasteiger partial charge in [0.05, 0.1) is 0 Å². The van der Waals surface area contributed by atoms with E-state index < -0.39 is 0 Å². The molecule has 3 aliphatic rings. The molecular weight excluding hydrogens is 284 g/mol. The fourth-order valence-electron chi connectivity index (χ4n) is 5.92. The van der Waals surface area contributed by atoms with Crippen molar-refractivity contribution in [2.45, 2.75) is 77.7 Å². The first-order valence-corrected chi connectivity index (χ1v) is 9.43. The summed E-state index contributed by atoms with van der Waals surface area (Å²) in [7, 11) is 0. The van der Waals surface area contributed by atoms with Crippen molar-refractivity contribution < 1.29 is 9.84 Å². The van der Waals surface area contributed by atoms with E-state index in [1.54, 1.807) is 0 Å². The number of aryl methyl sites for hydroxylation is 1. The minimum absolute atomic E-state index is 0.0215. The number of unbranched alkanes of at least 4 members (excludes halogenated alkanes) is 2. The van der Waals surface area contributed by atoms with Gasteiger partial charge in [-0.1, -0.05) is 33.6 Å². The lowest BCUT2D eigenvalue weighted by Crippen LogP contribution is -2.59. The van der Waals surface area contributed by atoms with Crippen LogP contribution in [-0.4, -0.2) is 10.7 Å². The van der Waals surface area contributed by atoms with E-state index in [0.717, 1.165) is 30.1 Å². The number of hydrogen-bond acceptors (Lipinski definition) is 2. The minimum Gasteiger partial charge on any atom is -0.508 e. The smallest absolute Gasteiger partial charge is 0.127 e. The van der Waals surface area contributed by atoms with Crippen LogP contribution in [0.4, 0.5) is 0 Å². The quantitative estimate of drug-likeness (QED) is 0.751. The Morgan fingerprint density at radius 2 is 2.00 bits per heavy atom. The second kappa shape index (κ2) is 4.91. The van der Waals surface area contributed by atoms with E-state index in [9.17, 15) is 5.11 Å². The second-order valence-corrected chi connectivity index (χ2v) is 8.87. The topological polar surface area (TPSA) is 29.5 Å². The molecule has 2 heteroatoms. The van der Waals surface area contributed by atoms with Crippen LogP contribution in [0.15, 0.2) is 12.1 Å². The first-order valence-electron chi connectivity index (χ1n) is 9.43. The molecule has 4 atom stereocenters. The van der Waals surface area contributed by atoms with E-state index in [2.05, 4.69) is 33.8 Å². The number of hydrogen-bond donors (Lipinski definition) is 1. The molecule has 0 saturated heterocycles. The second-order valence-electron chi connectivity index (χ2n) is 8.87. The molecule has 0 aromatic heterocycles. The zero-order valence-electron chi connectivity index (χ0n) is 15.0. The molecule has 1 unspecified atom stereocenters. The van der Waals surface area contributed by atoms with Crippen LogP contribution in [0.2, 0.25) is 0 Å². The van der Waals surface area contributed by atoms with Gasteiger partial charge < -0.3 is 9.84 Å². The van der Waals surface area contributed by atoms with Gasteiger partial charge in [0, 0.05) is 17.4 Å². The predicted molar refractivity (Wildman–Crippen MR) is 93.1 cm³/mol. The normalized spacial score (nSPS) is 35.9. The van der Waals surface area contributed by atoms with E-state index in [1.807, 2.05) is 6.07 Å². The summed E-state index contributed by atoms with van der Waals surface area (Å²) < 4.78 is 6.51. The first kappa shape index (κ1) is 15.4. The maximum absolute atomic E-state index is 10.7. The standard InChI is InChI=1S/C21H30O2/c1-5-6-7-8-13-11-15(22)17-16(12-13)23-21(4)10-9-14-18(21)19(17)20(14,2)3/h11-12,14,18-19,22H,5-10H2,1-4H3/t14?,18-,19+,21-/m0/s1. The Bertz CT molecular complexity index is 633. The summed E-state index contributed by atoms with van der Waals surface area (Å²) in [5.74, 6) is 3.22. The highest BCUT2D eigenvalue weighted by Crippen LogP contribution is 2.74. The third kappa shape index (κ3) is 1.99. The van der Waals surface area contributed by atoms with Gasteiger partial charge in [-0.25, -0.2) is 0 Å². The van der Waals surface area contributed by atoms with Gasteiger partial charge in [-0.05, 0) is 61.6 Å². The molecule has 0 radical (unpaired) electrons. The SMILES string of the molecule is CCCCCc1cc(O)c2c(c1)O[C@@]1(C)CCC3[C@H]1[C@@H]2C3(C)C. The lowest BCUT2D eigenvalue weighted by atomic mass is 9.45. The van der Waals surface area contributed by atoms with Gasteiger partial charge in [0.25, 0.3) is 0 Å². The maximum atomic E-state index is 10.7. The fraction of sp³-hybridized carbons (Fsp3) is 0.714. The summed E-state index contributed by atoms with van der Waals surface area (Å²) >= 11 is 0. The van der Waals surface area contributed by atoms with Gasteiger partial charge in [-0.15, -0.1) is 0 Å². The molecule has 1 N–H and O–H groups in total. The van der Waals surface area contributed by atoms with Crippen molar-refractivity contribution in [1.29, 1.82) is 0 Å². The Kier molecular flexibility index (Phi) is 3.28. The lowest BCUT2D eigenvalue weighted by molar-refractivity contribution is -0.121. The molecule has 23 heavy (non-hydrogen) atoms. The maximum Gasteiger partial charge on any atom is 0.127 e. The molecule has 0 bridgehead atoms. The summed E-state index contributed by atoms with van der Waals surface area (Å²) in [5, 5.41) is 10.7. The molecule has 0 amide bonds. The van der Waals surface area contributed by atoms with Gasteiger partial charge >= 0.3 is 0 Å². The highest BCUT2D eigenvalue weighted by atomic mass is 16.5. The van der Waals surface area contributed by atoms with E-state index in [0.29, 0.717) is 17.6 Å². The van der Waals surface area contributed by atoms with Crippen LogP contribution < -0.4 is 4.74 Å².